The second-order valence-electron chi connectivity index (χ2n) is 3.52. The Morgan fingerprint density at radius 2 is 2.00 bits per heavy atom. The van der Waals surface area contributed by atoms with Crippen LogP contribution in [0.25, 0.3) is 0 Å². The molecular formula is C12H10Br2ClNS. The Balaban J connectivity index is 2.46. The van der Waals surface area contributed by atoms with E-state index in [0.29, 0.717) is 0 Å². The van der Waals surface area contributed by atoms with E-state index in [9.17, 15) is 0 Å². The van der Waals surface area contributed by atoms with E-state index in [-0.39, 0.29) is 6.04 Å². The summed E-state index contributed by atoms with van der Waals surface area (Å²) in [5.41, 5.74) is 1.18. The van der Waals surface area contributed by atoms with Crippen LogP contribution in [0.3, 0.4) is 0 Å². The molecule has 2 rings (SSSR count). The summed E-state index contributed by atoms with van der Waals surface area (Å²) in [7, 11) is 1.96. The van der Waals surface area contributed by atoms with Crippen molar-refractivity contribution in [2.24, 2.45) is 0 Å². The molecule has 1 aromatic heterocycles. The first-order chi connectivity index (χ1) is 8.13. The SMILES string of the molecule is CNC(c1ccc(Cl)cc1Br)c1sccc1Br. The third-order valence-electron chi connectivity index (χ3n) is 2.47. The molecule has 17 heavy (non-hydrogen) atoms. The van der Waals surface area contributed by atoms with Crippen LogP contribution in [0.1, 0.15) is 16.5 Å². The lowest BCUT2D eigenvalue weighted by atomic mass is 10.1. The molecule has 0 aliphatic carbocycles. The van der Waals surface area contributed by atoms with Gasteiger partial charge in [-0.05, 0) is 52.1 Å². The van der Waals surface area contributed by atoms with Crippen LogP contribution in [0.15, 0.2) is 38.6 Å². The van der Waals surface area contributed by atoms with Crippen molar-refractivity contribution in [3.05, 3.63) is 54.1 Å². The molecule has 0 bridgehead atoms. The lowest BCUT2D eigenvalue weighted by molar-refractivity contribution is 0.698. The van der Waals surface area contributed by atoms with Crippen molar-refractivity contribution in [1.29, 1.82) is 0 Å². The van der Waals surface area contributed by atoms with E-state index in [1.54, 1.807) is 11.3 Å². The highest BCUT2D eigenvalue weighted by Crippen LogP contribution is 2.36. The van der Waals surface area contributed by atoms with Crippen molar-refractivity contribution in [2.45, 2.75) is 6.04 Å². The molecule has 90 valence electrons. The van der Waals surface area contributed by atoms with Crippen LogP contribution >= 0.6 is 54.8 Å². The number of nitrogens with one attached hydrogen (secondary N) is 1. The van der Waals surface area contributed by atoms with Crippen molar-refractivity contribution >= 4 is 54.8 Å². The van der Waals surface area contributed by atoms with Gasteiger partial charge in [-0.2, -0.15) is 0 Å². The van der Waals surface area contributed by atoms with E-state index in [2.05, 4.69) is 48.6 Å². The minimum Gasteiger partial charge on any atom is -0.309 e. The van der Waals surface area contributed by atoms with E-state index >= 15 is 0 Å². The maximum absolute atomic E-state index is 5.96. The molecule has 0 aliphatic heterocycles. The van der Waals surface area contributed by atoms with E-state index in [0.717, 1.165) is 14.0 Å². The van der Waals surface area contributed by atoms with Crippen LogP contribution < -0.4 is 5.32 Å². The Kier molecular flexibility index (Phi) is 4.66. The predicted octanol–water partition coefficient (Wildman–Crippen LogP) is 5.24. The molecule has 5 heteroatoms. The predicted molar refractivity (Wildman–Crippen MR) is 82.1 cm³/mol. The first kappa shape index (κ1) is 13.6. The average Bonchev–Trinajstić information content (AvgIpc) is 2.69. The molecule has 2 aromatic rings. The summed E-state index contributed by atoms with van der Waals surface area (Å²) >= 11 is 14.8. The topological polar surface area (TPSA) is 12.0 Å². The quantitative estimate of drug-likeness (QED) is 0.750. The molecule has 1 atom stereocenters. The van der Waals surface area contributed by atoms with Crippen molar-refractivity contribution in [1.82, 2.24) is 5.32 Å². The summed E-state index contributed by atoms with van der Waals surface area (Å²) in [6.07, 6.45) is 0. The molecule has 1 aromatic carbocycles. The van der Waals surface area contributed by atoms with Gasteiger partial charge in [0.1, 0.15) is 0 Å². The van der Waals surface area contributed by atoms with Gasteiger partial charge in [0.2, 0.25) is 0 Å². The highest BCUT2D eigenvalue weighted by atomic mass is 79.9. The zero-order valence-electron chi connectivity index (χ0n) is 9.01. The number of benzene rings is 1. The standard InChI is InChI=1S/C12H10Br2ClNS/c1-16-11(12-9(13)4-5-17-12)8-3-2-7(15)6-10(8)14/h2-6,11,16H,1H3. The van der Waals surface area contributed by atoms with Gasteiger partial charge in [0.15, 0.2) is 0 Å². The van der Waals surface area contributed by atoms with E-state index in [4.69, 9.17) is 11.6 Å². The Hall–Kier alpha value is 0.130. The zero-order chi connectivity index (χ0) is 12.4. The molecular weight excluding hydrogens is 385 g/mol. The first-order valence-electron chi connectivity index (χ1n) is 4.98. The molecule has 0 aliphatic rings. The minimum absolute atomic E-state index is 0.163. The number of halogens is 3. The number of hydrogen-bond acceptors (Lipinski definition) is 2. The summed E-state index contributed by atoms with van der Waals surface area (Å²) < 4.78 is 2.15. The number of thiophene rings is 1. The van der Waals surface area contributed by atoms with Gasteiger partial charge in [0, 0.05) is 18.8 Å². The van der Waals surface area contributed by atoms with E-state index in [1.807, 2.05) is 25.2 Å². The van der Waals surface area contributed by atoms with Crippen LogP contribution in [-0.2, 0) is 0 Å². The normalized spacial score (nSPS) is 12.7. The maximum atomic E-state index is 5.96. The second kappa shape index (κ2) is 5.85. The molecule has 0 radical (unpaired) electrons. The van der Waals surface area contributed by atoms with Gasteiger partial charge < -0.3 is 5.32 Å². The Labute approximate surface area is 126 Å². The molecule has 1 N–H and O–H groups in total. The second-order valence-corrected chi connectivity index (χ2v) is 6.61. The van der Waals surface area contributed by atoms with Gasteiger partial charge in [-0.15, -0.1) is 11.3 Å². The van der Waals surface area contributed by atoms with Crippen LogP contribution in [0.5, 0.6) is 0 Å². The minimum atomic E-state index is 0.163. The Morgan fingerprint density at radius 1 is 1.24 bits per heavy atom. The Bertz CT molecular complexity index is 527. The summed E-state index contributed by atoms with van der Waals surface area (Å²) in [5, 5.41) is 6.14. The van der Waals surface area contributed by atoms with Crippen molar-refractivity contribution in [3.63, 3.8) is 0 Å². The van der Waals surface area contributed by atoms with Gasteiger partial charge in [0.05, 0.1) is 6.04 Å². The van der Waals surface area contributed by atoms with Gasteiger partial charge in [-0.25, -0.2) is 0 Å². The average molecular weight is 396 g/mol. The summed E-state index contributed by atoms with van der Waals surface area (Å²) in [6.45, 7) is 0. The zero-order valence-corrected chi connectivity index (χ0v) is 13.8. The molecule has 1 heterocycles. The smallest absolute Gasteiger partial charge is 0.0691 e. The van der Waals surface area contributed by atoms with Gasteiger partial charge >= 0.3 is 0 Å². The van der Waals surface area contributed by atoms with Crippen LogP contribution in [0, 0.1) is 0 Å². The van der Waals surface area contributed by atoms with Crippen LogP contribution in [0.2, 0.25) is 5.02 Å². The lowest BCUT2D eigenvalue weighted by Crippen LogP contribution is -2.17. The molecule has 0 spiro atoms. The van der Waals surface area contributed by atoms with Crippen molar-refractivity contribution in [3.8, 4) is 0 Å². The fraction of sp³-hybridized carbons (Fsp3) is 0.167. The number of rotatable bonds is 3. The van der Waals surface area contributed by atoms with Crippen LogP contribution in [0.4, 0.5) is 0 Å². The first-order valence-corrected chi connectivity index (χ1v) is 7.83. The Morgan fingerprint density at radius 3 is 2.53 bits per heavy atom. The highest BCUT2D eigenvalue weighted by molar-refractivity contribution is 9.10. The van der Waals surface area contributed by atoms with Gasteiger partial charge in [-0.3, -0.25) is 0 Å². The van der Waals surface area contributed by atoms with E-state index in [1.165, 1.54) is 10.4 Å². The molecule has 0 saturated heterocycles. The monoisotopic (exact) mass is 393 g/mol. The molecule has 0 fully saturated rings. The third kappa shape index (κ3) is 2.93. The van der Waals surface area contributed by atoms with Crippen LogP contribution in [-0.4, -0.2) is 7.05 Å². The maximum Gasteiger partial charge on any atom is 0.0691 e. The largest absolute Gasteiger partial charge is 0.309 e. The fourth-order valence-electron chi connectivity index (χ4n) is 1.67. The molecule has 0 amide bonds. The third-order valence-corrected chi connectivity index (χ3v) is 5.33. The van der Waals surface area contributed by atoms with Gasteiger partial charge in [0.25, 0.3) is 0 Å². The number of hydrogen-bond donors (Lipinski definition) is 1. The van der Waals surface area contributed by atoms with Crippen molar-refractivity contribution in [2.75, 3.05) is 7.05 Å². The summed E-state index contributed by atoms with van der Waals surface area (Å²) in [4.78, 5) is 1.26. The summed E-state index contributed by atoms with van der Waals surface area (Å²) in [6, 6.07) is 8.10. The molecule has 0 saturated carbocycles. The van der Waals surface area contributed by atoms with Crippen molar-refractivity contribution < 1.29 is 0 Å². The van der Waals surface area contributed by atoms with Gasteiger partial charge in [-0.1, -0.05) is 33.6 Å². The fourth-order valence-corrected chi connectivity index (χ4v) is 4.32. The highest BCUT2D eigenvalue weighted by Gasteiger charge is 2.18. The molecule has 1 nitrogen and oxygen atoms in total. The lowest BCUT2D eigenvalue weighted by Gasteiger charge is -2.17. The van der Waals surface area contributed by atoms with E-state index < -0.39 is 0 Å². The molecule has 1 unspecified atom stereocenters. The summed E-state index contributed by atoms with van der Waals surface area (Å²) in [5.74, 6) is 0.